The third kappa shape index (κ3) is 47.1. The third-order valence-electron chi connectivity index (χ3n) is 10.0. The molecular formula is C56H90O6. The summed E-state index contributed by atoms with van der Waals surface area (Å²) in [5.74, 6) is -1.04. The molecular weight excluding hydrogens is 769 g/mol. The molecule has 0 rings (SSSR count). The van der Waals surface area contributed by atoms with Crippen molar-refractivity contribution < 1.29 is 28.6 Å². The van der Waals surface area contributed by atoms with Gasteiger partial charge in [0, 0.05) is 19.3 Å². The Bertz CT molecular complexity index is 1310. The number of carbonyl (C=O) groups excluding carboxylic acids is 3. The zero-order valence-corrected chi connectivity index (χ0v) is 39.8. The van der Waals surface area contributed by atoms with E-state index in [-0.39, 0.29) is 37.5 Å². The first-order valence-electron chi connectivity index (χ1n) is 24.9. The molecule has 0 aromatic rings. The lowest BCUT2D eigenvalue weighted by atomic mass is 10.1. The van der Waals surface area contributed by atoms with Crippen LogP contribution in [0.1, 0.15) is 207 Å². The molecule has 0 radical (unpaired) electrons. The number of rotatable bonds is 43. The Morgan fingerprint density at radius 3 is 1.23 bits per heavy atom. The van der Waals surface area contributed by atoms with Gasteiger partial charge in [0.2, 0.25) is 0 Å². The van der Waals surface area contributed by atoms with Crippen LogP contribution in [0, 0.1) is 0 Å². The summed E-state index contributed by atoms with van der Waals surface area (Å²) in [6.45, 7) is 6.34. The second kappa shape index (κ2) is 49.7. The van der Waals surface area contributed by atoms with E-state index in [1.807, 2.05) is 12.2 Å². The molecule has 0 bridgehead atoms. The van der Waals surface area contributed by atoms with E-state index in [1.54, 1.807) is 0 Å². The first-order valence-corrected chi connectivity index (χ1v) is 24.9. The van der Waals surface area contributed by atoms with Gasteiger partial charge in [-0.2, -0.15) is 0 Å². The minimum absolute atomic E-state index is 0.114. The van der Waals surface area contributed by atoms with Crippen molar-refractivity contribution in [3.8, 4) is 0 Å². The standard InChI is InChI=1S/C56H90O6/c1-4-7-10-13-16-19-22-24-26-27-28-29-31-32-34-37-40-43-46-49-55(58)61-52-53(51-60-54(57)48-45-42-39-36-21-18-15-12-9-6-3)62-56(59)50-47-44-41-38-35-33-30-25-23-20-17-14-11-8-5-2/h7,10,15-20,23-26,28-29,32,34,40,43,53H,4-6,8-9,11-14,21-22,27,30-31,33,35-39,41-42,44-52H2,1-3H3/b10-7-,18-15-,19-16-,20-17-,25-23-,26-24-,29-28-,34-32-,43-40-. The lowest BCUT2D eigenvalue weighted by molar-refractivity contribution is -0.166. The van der Waals surface area contributed by atoms with Gasteiger partial charge in [-0.25, -0.2) is 0 Å². The number of ether oxygens (including phenoxy) is 3. The molecule has 1 unspecified atom stereocenters. The van der Waals surface area contributed by atoms with Crippen molar-refractivity contribution in [1.29, 1.82) is 0 Å². The summed E-state index contributed by atoms with van der Waals surface area (Å²) in [5.41, 5.74) is 0. The van der Waals surface area contributed by atoms with Gasteiger partial charge in [0.15, 0.2) is 6.10 Å². The van der Waals surface area contributed by atoms with Crippen molar-refractivity contribution >= 4 is 17.9 Å². The van der Waals surface area contributed by atoms with Gasteiger partial charge in [0.05, 0.1) is 0 Å². The number of esters is 3. The summed E-state index contributed by atoms with van der Waals surface area (Å²) in [6, 6.07) is 0. The Labute approximate surface area is 380 Å². The highest BCUT2D eigenvalue weighted by atomic mass is 16.6. The van der Waals surface area contributed by atoms with Gasteiger partial charge in [-0.15, -0.1) is 0 Å². The summed E-state index contributed by atoms with van der Waals surface area (Å²) >= 11 is 0. The van der Waals surface area contributed by atoms with E-state index in [0.29, 0.717) is 19.3 Å². The van der Waals surface area contributed by atoms with Crippen LogP contribution in [0.15, 0.2) is 109 Å². The predicted molar refractivity (Wildman–Crippen MR) is 265 cm³/mol. The average molecular weight is 859 g/mol. The molecule has 62 heavy (non-hydrogen) atoms. The maximum Gasteiger partial charge on any atom is 0.306 e. The minimum Gasteiger partial charge on any atom is -0.462 e. The van der Waals surface area contributed by atoms with Crippen LogP contribution in [0.4, 0.5) is 0 Å². The molecule has 350 valence electrons. The summed E-state index contributed by atoms with van der Waals surface area (Å²) in [5, 5.41) is 0. The van der Waals surface area contributed by atoms with Gasteiger partial charge in [-0.1, -0.05) is 194 Å². The van der Waals surface area contributed by atoms with E-state index in [4.69, 9.17) is 14.2 Å². The normalized spacial score (nSPS) is 13.0. The van der Waals surface area contributed by atoms with Gasteiger partial charge in [0.1, 0.15) is 13.2 Å². The van der Waals surface area contributed by atoms with E-state index in [1.165, 1.54) is 44.9 Å². The topological polar surface area (TPSA) is 78.9 Å². The monoisotopic (exact) mass is 859 g/mol. The number of allylic oxidation sites excluding steroid dienone is 18. The molecule has 0 aromatic heterocycles. The van der Waals surface area contributed by atoms with Crippen LogP contribution in [0.2, 0.25) is 0 Å². The van der Waals surface area contributed by atoms with Crippen LogP contribution in [-0.2, 0) is 28.6 Å². The maximum absolute atomic E-state index is 12.8. The number of hydrogen-bond acceptors (Lipinski definition) is 6. The molecule has 0 heterocycles. The largest absolute Gasteiger partial charge is 0.462 e. The van der Waals surface area contributed by atoms with Crippen molar-refractivity contribution in [1.82, 2.24) is 0 Å². The highest BCUT2D eigenvalue weighted by molar-refractivity contribution is 5.71. The lowest BCUT2D eigenvalue weighted by Crippen LogP contribution is -2.30. The van der Waals surface area contributed by atoms with Crippen LogP contribution in [0.3, 0.4) is 0 Å². The molecule has 6 nitrogen and oxygen atoms in total. The summed E-state index contributed by atoms with van der Waals surface area (Å²) in [7, 11) is 0. The average Bonchev–Trinajstić information content (AvgIpc) is 3.27. The molecule has 1 atom stereocenters. The van der Waals surface area contributed by atoms with Crippen molar-refractivity contribution in [2.75, 3.05) is 13.2 Å². The maximum atomic E-state index is 12.8. The van der Waals surface area contributed by atoms with E-state index < -0.39 is 6.10 Å². The van der Waals surface area contributed by atoms with Gasteiger partial charge in [0.25, 0.3) is 0 Å². The molecule has 0 spiro atoms. The molecule has 0 aliphatic heterocycles. The van der Waals surface area contributed by atoms with E-state index in [0.717, 1.165) is 116 Å². The van der Waals surface area contributed by atoms with Crippen molar-refractivity contribution in [2.24, 2.45) is 0 Å². The molecule has 0 aliphatic rings. The zero-order valence-electron chi connectivity index (χ0n) is 39.8. The van der Waals surface area contributed by atoms with Crippen molar-refractivity contribution in [2.45, 2.75) is 213 Å². The molecule has 0 fully saturated rings. The first kappa shape index (κ1) is 58.1. The molecule has 0 saturated heterocycles. The van der Waals surface area contributed by atoms with Crippen LogP contribution < -0.4 is 0 Å². The zero-order chi connectivity index (χ0) is 45.1. The van der Waals surface area contributed by atoms with Crippen LogP contribution in [0.25, 0.3) is 0 Å². The first-order chi connectivity index (χ1) is 30.5. The van der Waals surface area contributed by atoms with Gasteiger partial charge in [-0.3, -0.25) is 14.4 Å². The smallest absolute Gasteiger partial charge is 0.306 e. The predicted octanol–water partition coefficient (Wildman–Crippen LogP) is 16.4. The second-order valence-electron chi connectivity index (χ2n) is 16.0. The van der Waals surface area contributed by atoms with Crippen molar-refractivity contribution in [3.05, 3.63) is 109 Å². The SMILES string of the molecule is CC/C=C\C/C=C\C/C=C\C/C=C\C/C=C\C/C=C\CCC(=O)OCC(COC(=O)CCCCCC/C=C\CCCC)OC(=O)CCCCCCCC/C=C\C=C/CCCCC. The highest BCUT2D eigenvalue weighted by Crippen LogP contribution is 2.12. The Hall–Kier alpha value is -3.93. The summed E-state index contributed by atoms with van der Waals surface area (Å²) < 4.78 is 16.7. The molecule has 0 aromatic carbocycles. The van der Waals surface area contributed by atoms with E-state index in [2.05, 4.69) is 118 Å². The van der Waals surface area contributed by atoms with Crippen LogP contribution >= 0.6 is 0 Å². The number of unbranched alkanes of at least 4 members (excludes halogenated alkanes) is 15. The Morgan fingerprint density at radius 1 is 0.355 bits per heavy atom. The summed E-state index contributed by atoms with van der Waals surface area (Å²) in [4.78, 5) is 37.8. The lowest BCUT2D eigenvalue weighted by Gasteiger charge is -2.18. The highest BCUT2D eigenvalue weighted by Gasteiger charge is 2.19. The van der Waals surface area contributed by atoms with E-state index >= 15 is 0 Å². The molecule has 0 saturated carbocycles. The fourth-order valence-electron chi connectivity index (χ4n) is 6.26. The fourth-order valence-corrected chi connectivity index (χ4v) is 6.26. The van der Waals surface area contributed by atoms with Crippen LogP contribution in [0.5, 0.6) is 0 Å². The quantitative estimate of drug-likeness (QED) is 0.0200. The molecule has 0 amide bonds. The molecule has 6 heteroatoms. The number of hydrogen-bond donors (Lipinski definition) is 0. The summed E-state index contributed by atoms with van der Waals surface area (Å²) in [6.07, 6.45) is 66.5. The Kier molecular flexibility index (Phi) is 46.6. The fraction of sp³-hybridized carbons (Fsp3) is 0.625. The van der Waals surface area contributed by atoms with E-state index in [9.17, 15) is 14.4 Å². The molecule has 0 N–H and O–H groups in total. The van der Waals surface area contributed by atoms with Gasteiger partial charge >= 0.3 is 17.9 Å². The Morgan fingerprint density at radius 2 is 0.726 bits per heavy atom. The third-order valence-corrected chi connectivity index (χ3v) is 10.0. The van der Waals surface area contributed by atoms with Gasteiger partial charge in [-0.05, 0) is 103 Å². The number of carbonyl (C=O) groups is 3. The van der Waals surface area contributed by atoms with Gasteiger partial charge < -0.3 is 14.2 Å². The van der Waals surface area contributed by atoms with Crippen LogP contribution in [-0.4, -0.2) is 37.2 Å². The van der Waals surface area contributed by atoms with Crippen molar-refractivity contribution in [3.63, 3.8) is 0 Å². The molecule has 0 aliphatic carbocycles. The Balaban J connectivity index is 4.52. The second-order valence-corrected chi connectivity index (χ2v) is 16.0. The minimum atomic E-state index is -0.819.